The number of piperidine rings is 1. The summed E-state index contributed by atoms with van der Waals surface area (Å²) in [5.41, 5.74) is 0.545. The number of hydrogen-bond acceptors (Lipinski definition) is 3. The van der Waals surface area contributed by atoms with Crippen LogP contribution in [0.3, 0.4) is 0 Å². The summed E-state index contributed by atoms with van der Waals surface area (Å²) in [6, 6.07) is 0.691. The Balaban J connectivity index is 1.75. The zero-order chi connectivity index (χ0) is 18.7. The lowest BCUT2D eigenvalue weighted by Gasteiger charge is -2.49. The lowest BCUT2D eigenvalue weighted by molar-refractivity contribution is -0.0117. The van der Waals surface area contributed by atoms with Gasteiger partial charge in [0.05, 0.1) is 12.3 Å². The van der Waals surface area contributed by atoms with Crippen LogP contribution in [-0.4, -0.2) is 35.4 Å². The molecule has 0 aromatic heterocycles. The lowest BCUT2D eigenvalue weighted by Crippen LogP contribution is -2.60. The second kappa shape index (κ2) is 6.74. The summed E-state index contributed by atoms with van der Waals surface area (Å²) < 4.78 is 0. The van der Waals surface area contributed by atoms with E-state index in [4.69, 9.17) is 0 Å². The van der Waals surface area contributed by atoms with Gasteiger partial charge in [0.2, 0.25) is 0 Å². The number of likely N-dealkylation sites (tertiary alicyclic amines) is 1. The van der Waals surface area contributed by atoms with Crippen molar-refractivity contribution in [3.05, 3.63) is 0 Å². The predicted octanol–water partition coefficient (Wildman–Crippen LogP) is 4.58. The first-order valence-corrected chi connectivity index (χ1v) is 11.5. The van der Waals surface area contributed by atoms with E-state index >= 15 is 0 Å². The number of nitrogens with one attached hydrogen (secondary N) is 2. The number of hydrogen-bond donors (Lipinski definition) is 2. The Labute approximate surface area is 162 Å². The van der Waals surface area contributed by atoms with Gasteiger partial charge in [-0.3, -0.25) is 10.2 Å². The van der Waals surface area contributed by atoms with Crippen molar-refractivity contribution in [2.24, 2.45) is 29.1 Å². The number of nitrogens with zero attached hydrogens (tertiary/aromatic N) is 1. The summed E-state index contributed by atoms with van der Waals surface area (Å²) in [5, 5.41) is 7.92. The maximum atomic E-state index is 4.10. The van der Waals surface area contributed by atoms with Crippen LogP contribution in [0.2, 0.25) is 0 Å². The maximum Gasteiger partial charge on any atom is 0.0652 e. The van der Waals surface area contributed by atoms with Crippen LogP contribution in [0.1, 0.15) is 86.5 Å². The molecular formula is C23H43N3. The third kappa shape index (κ3) is 3.16. The molecule has 4 rings (SSSR count). The van der Waals surface area contributed by atoms with Crippen molar-refractivity contribution in [2.75, 3.05) is 6.54 Å². The van der Waals surface area contributed by atoms with Crippen LogP contribution in [-0.2, 0) is 0 Å². The van der Waals surface area contributed by atoms with Crippen LogP contribution in [0.15, 0.2) is 0 Å². The Kier molecular flexibility index (Phi) is 4.98. The van der Waals surface area contributed by atoms with E-state index in [1.165, 1.54) is 51.5 Å². The standard InChI is InChI=1S/C23H43N3/c1-22(2,3)19-17(15-11-8-7-9-12-15)18-16-13-10-14-24-20(16)25-21(18)26(19)23(4,5)6/h15-21,24-25H,7-14H2,1-6H3. The van der Waals surface area contributed by atoms with E-state index in [-0.39, 0.29) is 5.54 Å². The lowest BCUT2D eigenvalue weighted by atomic mass is 9.64. The molecule has 150 valence electrons. The SMILES string of the molecule is CC(C)(C)C1C(C2CCCCC2)C2C3CCCNC3NC2N1C(C)(C)C. The monoisotopic (exact) mass is 361 g/mol. The summed E-state index contributed by atoms with van der Waals surface area (Å²) in [4.78, 5) is 2.93. The molecule has 3 heterocycles. The van der Waals surface area contributed by atoms with E-state index in [1.807, 2.05) is 0 Å². The van der Waals surface area contributed by atoms with Gasteiger partial charge < -0.3 is 5.32 Å². The maximum absolute atomic E-state index is 4.10. The molecule has 0 amide bonds. The minimum atomic E-state index is 0.213. The quantitative estimate of drug-likeness (QED) is 0.716. The van der Waals surface area contributed by atoms with E-state index < -0.39 is 0 Å². The molecule has 0 spiro atoms. The fraction of sp³-hybridized carbons (Fsp3) is 1.00. The van der Waals surface area contributed by atoms with Gasteiger partial charge in [0.15, 0.2) is 0 Å². The molecule has 2 N–H and O–H groups in total. The number of rotatable bonds is 1. The third-order valence-electron chi connectivity index (χ3n) is 7.98. The molecule has 4 fully saturated rings. The van der Waals surface area contributed by atoms with E-state index in [2.05, 4.69) is 57.1 Å². The van der Waals surface area contributed by atoms with Crippen molar-refractivity contribution < 1.29 is 0 Å². The van der Waals surface area contributed by atoms with Crippen molar-refractivity contribution in [3.8, 4) is 0 Å². The first kappa shape index (κ1) is 19.2. The predicted molar refractivity (Wildman–Crippen MR) is 110 cm³/mol. The van der Waals surface area contributed by atoms with Crippen molar-refractivity contribution in [3.63, 3.8) is 0 Å². The highest BCUT2D eigenvalue weighted by Gasteiger charge is 2.63. The van der Waals surface area contributed by atoms with Crippen molar-refractivity contribution >= 4 is 0 Å². The minimum Gasteiger partial charge on any atom is -0.302 e. The molecule has 6 atom stereocenters. The summed E-state index contributed by atoms with van der Waals surface area (Å²) in [5.74, 6) is 3.47. The normalized spacial score (nSPS) is 42.7. The van der Waals surface area contributed by atoms with Crippen LogP contribution in [0.4, 0.5) is 0 Å². The smallest absolute Gasteiger partial charge is 0.0652 e. The summed E-state index contributed by atoms with van der Waals surface area (Å²) in [6.07, 6.45) is 11.2. The molecule has 3 heteroatoms. The fourth-order valence-electron chi connectivity index (χ4n) is 7.29. The van der Waals surface area contributed by atoms with E-state index in [0.717, 1.165) is 23.7 Å². The highest BCUT2D eigenvalue weighted by Crippen LogP contribution is 2.57. The van der Waals surface area contributed by atoms with Gasteiger partial charge in [-0.25, -0.2) is 0 Å². The summed E-state index contributed by atoms with van der Waals surface area (Å²) >= 11 is 0. The molecule has 1 saturated carbocycles. The van der Waals surface area contributed by atoms with Gasteiger partial charge in [-0.15, -0.1) is 0 Å². The van der Waals surface area contributed by atoms with Crippen LogP contribution < -0.4 is 10.6 Å². The van der Waals surface area contributed by atoms with Gasteiger partial charge in [-0.2, -0.15) is 0 Å². The molecule has 0 bridgehead atoms. The molecule has 4 aliphatic rings. The van der Waals surface area contributed by atoms with Gasteiger partial charge in [0, 0.05) is 11.6 Å². The van der Waals surface area contributed by atoms with Gasteiger partial charge >= 0.3 is 0 Å². The Morgan fingerprint density at radius 3 is 2.12 bits per heavy atom. The van der Waals surface area contributed by atoms with Gasteiger partial charge in [-0.1, -0.05) is 52.9 Å². The molecule has 3 aliphatic heterocycles. The third-order valence-corrected chi connectivity index (χ3v) is 7.98. The van der Waals surface area contributed by atoms with Gasteiger partial charge in [0.1, 0.15) is 0 Å². The molecule has 0 radical (unpaired) electrons. The highest BCUT2D eigenvalue weighted by atomic mass is 15.4. The number of fused-ring (bicyclic) bond motifs is 3. The Morgan fingerprint density at radius 2 is 1.50 bits per heavy atom. The zero-order valence-corrected chi connectivity index (χ0v) is 18.1. The van der Waals surface area contributed by atoms with E-state index in [0.29, 0.717) is 23.8 Å². The van der Waals surface area contributed by atoms with Crippen molar-refractivity contribution in [1.29, 1.82) is 0 Å². The molecule has 3 nitrogen and oxygen atoms in total. The molecule has 3 saturated heterocycles. The fourth-order valence-corrected chi connectivity index (χ4v) is 7.29. The highest BCUT2D eigenvalue weighted by molar-refractivity contribution is 5.14. The van der Waals surface area contributed by atoms with Crippen LogP contribution in [0, 0.1) is 29.1 Å². The first-order chi connectivity index (χ1) is 12.2. The molecule has 0 aromatic rings. The average molecular weight is 362 g/mol. The van der Waals surface area contributed by atoms with Crippen molar-refractivity contribution in [2.45, 2.75) is 110 Å². The first-order valence-electron chi connectivity index (χ1n) is 11.5. The van der Waals surface area contributed by atoms with Crippen LogP contribution in [0.5, 0.6) is 0 Å². The molecular weight excluding hydrogens is 318 g/mol. The average Bonchev–Trinajstić information content (AvgIpc) is 3.08. The Bertz CT molecular complexity index is 497. The topological polar surface area (TPSA) is 27.3 Å². The van der Waals surface area contributed by atoms with Gasteiger partial charge in [-0.05, 0) is 69.2 Å². The summed E-state index contributed by atoms with van der Waals surface area (Å²) in [6.45, 7) is 16.0. The minimum absolute atomic E-state index is 0.213. The second-order valence-electron chi connectivity index (χ2n) is 11.8. The largest absolute Gasteiger partial charge is 0.302 e. The van der Waals surface area contributed by atoms with Crippen LogP contribution >= 0.6 is 0 Å². The van der Waals surface area contributed by atoms with E-state index in [9.17, 15) is 0 Å². The van der Waals surface area contributed by atoms with Crippen molar-refractivity contribution in [1.82, 2.24) is 15.5 Å². The van der Waals surface area contributed by atoms with E-state index in [1.54, 1.807) is 0 Å². The van der Waals surface area contributed by atoms with Gasteiger partial charge in [0.25, 0.3) is 0 Å². The zero-order valence-electron chi connectivity index (χ0n) is 18.1. The second-order valence-corrected chi connectivity index (χ2v) is 11.8. The molecule has 1 aliphatic carbocycles. The Morgan fingerprint density at radius 1 is 0.808 bits per heavy atom. The van der Waals surface area contributed by atoms with Crippen LogP contribution in [0.25, 0.3) is 0 Å². The summed E-state index contributed by atoms with van der Waals surface area (Å²) in [7, 11) is 0. The molecule has 0 aromatic carbocycles. The Hall–Kier alpha value is -0.120. The molecule has 26 heavy (non-hydrogen) atoms. The molecule has 6 unspecified atom stereocenters.